The summed E-state index contributed by atoms with van der Waals surface area (Å²) in [5.74, 6) is -1.32. The van der Waals surface area contributed by atoms with Gasteiger partial charge in [0, 0.05) is 10.5 Å². The van der Waals surface area contributed by atoms with Crippen LogP contribution >= 0.6 is 11.8 Å². The lowest BCUT2D eigenvalue weighted by molar-refractivity contribution is 0.102. The Kier molecular flexibility index (Phi) is 3.81. The molecule has 0 atom stereocenters. The van der Waals surface area contributed by atoms with Crippen molar-refractivity contribution in [2.24, 2.45) is 0 Å². The van der Waals surface area contributed by atoms with Gasteiger partial charge in [-0.2, -0.15) is 0 Å². The molecule has 0 saturated heterocycles. The number of carbonyl (C=O) groups excluding carboxylic acids is 1. The molecule has 94 valence electrons. The van der Waals surface area contributed by atoms with Gasteiger partial charge in [-0.05, 0) is 31.2 Å². The van der Waals surface area contributed by atoms with Gasteiger partial charge in [0.2, 0.25) is 0 Å². The molecule has 0 aliphatic carbocycles. The Morgan fingerprint density at radius 2 is 2.06 bits per heavy atom. The maximum Gasteiger partial charge on any atom is 0.173 e. The van der Waals surface area contributed by atoms with E-state index >= 15 is 0 Å². The summed E-state index contributed by atoms with van der Waals surface area (Å²) < 4.78 is 30.8. The van der Waals surface area contributed by atoms with Gasteiger partial charge in [0.1, 0.15) is 5.76 Å². The summed E-state index contributed by atoms with van der Waals surface area (Å²) >= 11 is 1.31. The van der Waals surface area contributed by atoms with E-state index < -0.39 is 11.6 Å². The molecule has 0 aliphatic rings. The highest BCUT2D eigenvalue weighted by Crippen LogP contribution is 2.24. The fourth-order valence-corrected chi connectivity index (χ4v) is 2.28. The summed E-state index contributed by atoms with van der Waals surface area (Å²) in [5.41, 5.74) is 0.169. The van der Waals surface area contributed by atoms with Gasteiger partial charge >= 0.3 is 0 Å². The highest BCUT2D eigenvalue weighted by atomic mass is 32.2. The van der Waals surface area contributed by atoms with Crippen molar-refractivity contribution in [3.8, 4) is 0 Å². The van der Waals surface area contributed by atoms with E-state index in [1.807, 2.05) is 0 Å². The van der Waals surface area contributed by atoms with Crippen LogP contribution in [0, 0.1) is 18.6 Å². The Hall–Kier alpha value is -1.62. The van der Waals surface area contributed by atoms with E-state index in [1.165, 1.54) is 17.8 Å². The second-order valence-corrected chi connectivity index (χ2v) is 4.70. The van der Waals surface area contributed by atoms with Crippen LogP contribution in [0.4, 0.5) is 8.78 Å². The van der Waals surface area contributed by atoms with Gasteiger partial charge in [0.05, 0.1) is 12.0 Å². The van der Waals surface area contributed by atoms with Crippen LogP contribution in [-0.2, 0) is 0 Å². The topological polar surface area (TPSA) is 30.2 Å². The number of benzene rings is 1. The quantitative estimate of drug-likeness (QED) is 0.623. The van der Waals surface area contributed by atoms with E-state index in [2.05, 4.69) is 0 Å². The van der Waals surface area contributed by atoms with Crippen molar-refractivity contribution in [1.29, 1.82) is 0 Å². The van der Waals surface area contributed by atoms with Crippen molar-refractivity contribution in [3.05, 3.63) is 53.5 Å². The van der Waals surface area contributed by atoms with Crippen LogP contribution in [0.15, 0.2) is 39.8 Å². The summed E-state index contributed by atoms with van der Waals surface area (Å²) in [5, 5.41) is 0. The number of carbonyl (C=O) groups is 1. The van der Waals surface area contributed by atoms with Crippen LogP contribution in [0.25, 0.3) is 0 Å². The molecule has 5 heteroatoms. The fraction of sp³-hybridized carbons (Fsp3) is 0.154. The maximum absolute atomic E-state index is 13.0. The summed E-state index contributed by atoms with van der Waals surface area (Å²) in [6.45, 7) is 1.80. The lowest BCUT2D eigenvalue weighted by Crippen LogP contribution is -2.03. The van der Waals surface area contributed by atoms with Crippen molar-refractivity contribution in [2.45, 2.75) is 11.8 Å². The molecule has 0 N–H and O–H groups in total. The van der Waals surface area contributed by atoms with Crippen LogP contribution in [0.1, 0.15) is 16.1 Å². The summed E-state index contributed by atoms with van der Waals surface area (Å²) in [6, 6.07) is 4.92. The second-order valence-electron chi connectivity index (χ2n) is 3.68. The number of thioether (sulfide) groups is 1. The lowest BCUT2D eigenvalue weighted by Gasteiger charge is -2.01. The predicted molar refractivity (Wildman–Crippen MR) is 64.9 cm³/mol. The molecular weight excluding hydrogens is 258 g/mol. The van der Waals surface area contributed by atoms with Crippen LogP contribution in [0.2, 0.25) is 0 Å². The number of ketones is 1. The molecule has 0 aliphatic heterocycles. The molecule has 0 amide bonds. The average molecular weight is 268 g/mol. The molecule has 0 saturated carbocycles. The maximum atomic E-state index is 13.0. The number of rotatable bonds is 4. The Morgan fingerprint density at radius 1 is 1.28 bits per heavy atom. The van der Waals surface area contributed by atoms with Gasteiger partial charge in [-0.3, -0.25) is 4.79 Å². The average Bonchev–Trinajstić information content (AvgIpc) is 2.75. The highest BCUT2D eigenvalue weighted by Gasteiger charge is 2.11. The molecule has 0 spiro atoms. The Bertz CT molecular complexity index is 578. The molecular formula is C13H10F2O2S. The molecule has 2 rings (SSSR count). The van der Waals surface area contributed by atoms with Gasteiger partial charge in [-0.25, -0.2) is 8.78 Å². The number of halogens is 2. The molecule has 1 aromatic heterocycles. The van der Waals surface area contributed by atoms with Gasteiger partial charge in [0.25, 0.3) is 0 Å². The van der Waals surface area contributed by atoms with Crippen molar-refractivity contribution in [1.82, 2.24) is 0 Å². The van der Waals surface area contributed by atoms with Gasteiger partial charge < -0.3 is 4.42 Å². The molecule has 1 heterocycles. The normalized spacial score (nSPS) is 10.6. The first-order valence-corrected chi connectivity index (χ1v) is 6.21. The third kappa shape index (κ3) is 2.79. The van der Waals surface area contributed by atoms with E-state index in [9.17, 15) is 13.6 Å². The smallest absolute Gasteiger partial charge is 0.173 e. The molecule has 0 bridgehead atoms. The molecule has 0 unspecified atom stereocenters. The molecule has 0 radical (unpaired) electrons. The van der Waals surface area contributed by atoms with E-state index in [4.69, 9.17) is 4.42 Å². The lowest BCUT2D eigenvalue weighted by atomic mass is 10.1. The minimum absolute atomic E-state index is 0.158. The molecule has 0 fully saturated rings. The first kappa shape index (κ1) is 12.8. The second kappa shape index (κ2) is 5.35. The highest BCUT2D eigenvalue weighted by molar-refractivity contribution is 8.00. The Labute approximate surface area is 107 Å². The van der Waals surface area contributed by atoms with Crippen LogP contribution in [0.5, 0.6) is 0 Å². The number of hydrogen-bond acceptors (Lipinski definition) is 3. The zero-order valence-corrected chi connectivity index (χ0v) is 10.4. The number of hydrogen-bond donors (Lipinski definition) is 0. The monoisotopic (exact) mass is 268 g/mol. The molecule has 1 aromatic carbocycles. The third-order valence-electron chi connectivity index (χ3n) is 2.41. The Morgan fingerprint density at radius 3 is 2.67 bits per heavy atom. The Balaban J connectivity index is 2.04. The molecule has 18 heavy (non-hydrogen) atoms. The number of furan rings is 1. The summed E-state index contributed by atoms with van der Waals surface area (Å²) in [4.78, 5) is 12.6. The largest absolute Gasteiger partial charge is 0.468 e. The SMILES string of the molecule is Cc1occc1SCC(=O)c1ccc(F)c(F)c1. The molecule has 2 nitrogen and oxygen atoms in total. The minimum Gasteiger partial charge on any atom is -0.468 e. The van der Waals surface area contributed by atoms with E-state index in [1.54, 1.807) is 19.3 Å². The number of aryl methyl sites for hydroxylation is 1. The van der Waals surface area contributed by atoms with Gasteiger partial charge in [-0.15, -0.1) is 11.8 Å². The van der Waals surface area contributed by atoms with Crippen molar-refractivity contribution < 1.29 is 18.0 Å². The third-order valence-corrected chi connectivity index (χ3v) is 3.55. The van der Waals surface area contributed by atoms with Crippen LogP contribution in [0.3, 0.4) is 0 Å². The van der Waals surface area contributed by atoms with Gasteiger partial charge in [-0.1, -0.05) is 0 Å². The standard InChI is InChI=1S/C13H10F2O2S/c1-8-13(4-5-17-8)18-7-12(16)9-2-3-10(14)11(15)6-9/h2-6H,7H2,1H3. The summed E-state index contributed by atoms with van der Waals surface area (Å²) in [6.07, 6.45) is 1.54. The first-order chi connectivity index (χ1) is 8.58. The molecule has 2 aromatic rings. The van der Waals surface area contributed by atoms with Crippen LogP contribution in [-0.4, -0.2) is 11.5 Å². The zero-order valence-electron chi connectivity index (χ0n) is 9.57. The summed E-state index contributed by atoms with van der Waals surface area (Å²) in [7, 11) is 0. The van der Waals surface area contributed by atoms with Crippen molar-refractivity contribution in [3.63, 3.8) is 0 Å². The van der Waals surface area contributed by atoms with E-state index in [-0.39, 0.29) is 17.1 Å². The first-order valence-electron chi connectivity index (χ1n) is 5.23. The van der Waals surface area contributed by atoms with E-state index in [0.717, 1.165) is 22.8 Å². The van der Waals surface area contributed by atoms with Gasteiger partial charge in [0.15, 0.2) is 17.4 Å². The van der Waals surface area contributed by atoms with Crippen molar-refractivity contribution >= 4 is 17.5 Å². The predicted octanol–water partition coefficient (Wildman–Crippen LogP) is 3.84. The van der Waals surface area contributed by atoms with Crippen molar-refractivity contribution in [2.75, 3.05) is 5.75 Å². The number of Topliss-reactive ketones (excluding diaryl/α,β-unsaturated/α-hetero) is 1. The zero-order chi connectivity index (χ0) is 13.1. The van der Waals surface area contributed by atoms with Crippen LogP contribution < -0.4 is 0 Å². The van der Waals surface area contributed by atoms with E-state index in [0.29, 0.717) is 0 Å². The minimum atomic E-state index is -1.01. The fourth-order valence-electron chi connectivity index (χ4n) is 1.42.